The standard InChI is InChI=1S/C14H14N4O2/c1-3-13-15-9-5-4-8(6-10(9)16-13)12-7-11(14(19)20)17-18(12)2/h4-7H,3H2,1-2H3,(H,15,16)(H,19,20). The lowest BCUT2D eigenvalue weighted by molar-refractivity contribution is 0.0689. The molecule has 0 spiro atoms. The van der Waals surface area contributed by atoms with Gasteiger partial charge in [0.25, 0.3) is 0 Å². The van der Waals surface area contributed by atoms with Crippen LogP contribution >= 0.6 is 0 Å². The van der Waals surface area contributed by atoms with Crippen LogP contribution in [0.15, 0.2) is 24.3 Å². The second-order valence-corrected chi connectivity index (χ2v) is 4.61. The molecule has 3 aromatic rings. The molecule has 0 saturated heterocycles. The maximum Gasteiger partial charge on any atom is 0.356 e. The van der Waals surface area contributed by atoms with E-state index in [0.717, 1.165) is 34.5 Å². The highest BCUT2D eigenvalue weighted by Gasteiger charge is 2.13. The number of benzene rings is 1. The van der Waals surface area contributed by atoms with E-state index in [1.807, 2.05) is 25.1 Å². The van der Waals surface area contributed by atoms with Crippen molar-refractivity contribution >= 4 is 17.0 Å². The topological polar surface area (TPSA) is 83.8 Å². The van der Waals surface area contributed by atoms with Crippen LogP contribution in [0.3, 0.4) is 0 Å². The molecule has 6 nitrogen and oxygen atoms in total. The van der Waals surface area contributed by atoms with Gasteiger partial charge < -0.3 is 10.1 Å². The first-order chi connectivity index (χ1) is 9.58. The summed E-state index contributed by atoms with van der Waals surface area (Å²) < 4.78 is 1.57. The lowest BCUT2D eigenvalue weighted by Crippen LogP contribution is -1.99. The van der Waals surface area contributed by atoms with E-state index >= 15 is 0 Å². The van der Waals surface area contributed by atoms with Gasteiger partial charge in [0.1, 0.15) is 5.82 Å². The SMILES string of the molecule is CCc1nc2ccc(-c3cc(C(=O)O)nn3C)cc2[nH]1. The Morgan fingerprint density at radius 2 is 2.20 bits per heavy atom. The van der Waals surface area contributed by atoms with Crippen molar-refractivity contribution in [1.29, 1.82) is 0 Å². The number of H-pyrrole nitrogens is 1. The number of rotatable bonds is 3. The first-order valence-electron chi connectivity index (χ1n) is 6.35. The molecular formula is C14H14N4O2. The Morgan fingerprint density at radius 3 is 2.85 bits per heavy atom. The first-order valence-corrected chi connectivity index (χ1v) is 6.35. The molecule has 0 fully saturated rings. The van der Waals surface area contributed by atoms with Crippen LogP contribution in [0.1, 0.15) is 23.2 Å². The fourth-order valence-corrected chi connectivity index (χ4v) is 2.23. The summed E-state index contributed by atoms with van der Waals surface area (Å²) in [4.78, 5) is 18.7. The average Bonchev–Trinajstić information content (AvgIpc) is 3.00. The molecule has 0 aliphatic heterocycles. The fraction of sp³-hybridized carbons (Fsp3) is 0.214. The fourth-order valence-electron chi connectivity index (χ4n) is 2.23. The Morgan fingerprint density at radius 1 is 1.40 bits per heavy atom. The van der Waals surface area contributed by atoms with E-state index in [9.17, 15) is 4.79 Å². The van der Waals surface area contributed by atoms with E-state index < -0.39 is 5.97 Å². The van der Waals surface area contributed by atoms with Crippen LogP contribution in [0.25, 0.3) is 22.3 Å². The second kappa shape index (κ2) is 4.48. The van der Waals surface area contributed by atoms with Crippen molar-refractivity contribution in [2.24, 2.45) is 7.05 Å². The summed E-state index contributed by atoms with van der Waals surface area (Å²) in [6, 6.07) is 7.38. The largest absolute Gasteiger partial charge is 0.476 e. The number of nitrogens with zero attached hydrogens (tertiary/aromatic N) is 3. The zero-order valence-corrected chi connectivity index (χ0v) is 11.2. The number of aromatic amines is 1. The number of aryl methyl sites for hydroxylation is 2. The lowest BCUT2D eigenvalue weighted by Gasteiger charge is -2.01. The molecule has 2 aromatic heterocycles. The molecule has 2 heterocycles. The zero-order chi connectivity index (χ0) is 14.3. The van der Waals surface area contributed by atoms with Gasteiger partial charge in [0, 0.05) is 19.0 Å². The predicted octanol–water partition coefficient (Wildman–Crippen LogP) is 2.22. The number of imidazole rings is 1. The third-order valence-corrected chi connectivity index (χ3v) is 3.26. The highest BCUT2D eigenvalue weighted by Crippen LogP contribution is 2.24. The number of hydrogen-bond acceptors (Lipinski definition) is 3. The van der Waals surface area contributed by atoms with Gasteiger partial charge in [-0.25, -0.2) is 9.78 Å². The average molecular weight is 270 g/mol. The highest BCUT2D eigenvalue weighted by atomic mass is 16.4. The minimum Gasteiger partial charge on any atom is -0.476 e. The molecule has 1 aromatic carbocycles. The van der Waals surface area contributed by atoms with Crippen molar-refractivity contribution in [1.82, 2.24) is 19.7 Å². The van der Waals surface area contributed by atoms with E-state index in [0.29, 0.717) is 0 Å². The van der Waals surface area contributed by atoms with Crippen LogP contribution in [-0.2, 0) is 13.5 Å². The minimum atomic E-state index is -1.03. The molecule has 0 unspecified atom stereocenters. The quantitative estimate of drug-likeness (QED) is 0.764. The van der Waals surface area contributed by atoms with E-state index in [1.165, 1.54) is 0 Å². The van der Waals surface area contributed by atoms with Crippen molar-refractivity contribution in [3.05, 3.63) is 35.8 Å². The lowest BCUT2D eigenvalue weighted by atomic mass is 10.1. The third-order valence-electron chi connectivity index (χ3n) is 3.26. The molecule has 0 radical (unpaired) electrons. The van der Waals surface area contributed by atoms with E-state index in [2.05, 4.69) is 15.1 Å². The number of hydrogen-bond donors (Lipinski definition) is 2. The second-order valence-electron chi connectivity index (χ2n) is 4.61. The summed E-state index contributed by atoms with van der Waals surface area (Å²) in [6.07, 6.45) is 0.846. The van der Waals surface area contributed by atoms with E-state index in [4.69, 9.17) is 5.11 Å². The smallest absolute Gasteiger partial charge is 0.356 e. The van der Waals surface area contributed by atoms with Gasteiger partial charge in [0.15, 0.2) is 5.69 Å². The van der Waals surface area contributed by atoms with Crippen LogP contribution in [-0.4, -0.2) is 30.8 Å². The van der Waals surface area contributed by atoms with Crippen LogP contribution in [0.5, 0.6) is 0 Å². The Labute approximate surface area is 115 Å². The maximum absolute atomic E-state index is 11.0. The number of carboxylic acids is 1. The molecule has 0 saturated carbocycles. The van der Waals surface area contributed by atoms with Crippen molar-refractivity contribution in [3.63, 3.8) is 0 Å². The Bertz CT molecular complexity index is 801. The molecule has 102 valence electrons. The van der Waals surface area contributed by atoms with Crippen LogP contribution in [0.2, 0.25) is 0 Å². The molecule has 3 rings (SSSR count). The van der Waals surface area contributed by atoms with E-state index in [1.54, 1.807) is 17.8 Å². The van der Waals surface area contributed by atoms with Gasteiger partial charge in [-0.2, -0.15) is 5.10 Å². The molecular weight excluding hydrogens is 256 g/mol. The molecule has 0 amide bonds. The van der Waals surface area contributed by atoms with Gasteiger partial charge in [-0.3, -0.25) is 4.68 Å². The monoisotopic (exact) mass is 270 g/mol. The minimum absolute atomic E-state index is 0.0430. The zero-order valence-electron chi connectivity index (χ0n) is 11.2. The molecule has 6 heteroatoms. The van der Waals surface area contributed by atoms with Crippen molar-refractivity contribution in [2.75, 3.05) is 0 Å². The summed E-state index contributed by atoms with van der Waals surface area (Å²) in [5.41, 5.74) is 3.56. The van der Waals surface area contributed by atoms with Crippen LogP contribution in [0, 0.1) is 0 Å². The van der Waals surface area contributed by atoms with E-state index in [-0.39, 0.29) is 5.69 Å². The summed E-state index contributed by atoms with van der Waals surface area (Å²) >= 11 is 0. The normalized spacial score (nSPS) is 11.1. The Balaban J connectivity index is 2.11. The molecule has 0 atom stereocenters. The number of carboxylic acid groups (broad SMARTS) is 1. The first kappa shape index (κ1) is 12.4. The number of fused-ring (bicyclic) bond motifs is 1. The highest BCUT2D eigenvalue weighted by molar-refractivity contribution is 5.88. The molecule has 0 aliphatic rings. The Kier molecular flexibility index (Phi) is 2.78. The summed E-state index contributed by atoms with van der Waals surface area (Å²) in [5.74, 6) is -0.0869. The summed E-state index contributed by atoms with van der Waals surface area (Å²) in [6.45, 7) is 2.04. The van der Waals surface area contributed by atoms with Gasteiger partial charge in [0.2, 0.25) is 0 Å². The number of aromatic carboxylic acids is 1. The molecule has 20 heavy (non-hydrogen) atoms. The summed E-state index contributed by atoms with van der Waals surface area (Å²) in [5, 5.41) is 13.0. The van der Waals surface area contributed by atoms with Gasteiger partial charge in [-0.15, -0.1) is 0 Å². The molecule has 0 bridgehead atoms. The third kappa shape index (κ3) is 1.95. The van der Waals surface area contributed by atoms with Crippen LogP contribution in [0.4, 0.5) is 0 Å². The number of aromatic nitrogens is 4. The number of nitrogens with one attached hydrogen (secondary N) is 1. The summed E-state index contributed by atoms with van der Waals surface area (Å²) in [7, 11) is 1.73. The van der Waals surface area contributed by atoms with Gasteiger partial charge in [-0.05, 0) is 18.2 Å². The Hall–Kier alpha value is -2.63. The van der Waals surface area contributed by atoms with Crippen molar-refractivity contribution in [3.8, 4) is 11.3 Å². The number of carbonyl (C=O) groups is 1. The van der Waals surface area contributed by atoms with Crippen LogP contribution < -0.4 is 0 Å². The van der Waals surface area contributed by atoms with Gasteiger partial charge >= 0.3 is 5.97 Å². The van der Waals surface area contributed by atoms with Gasteiger partial charge in [-0.1, -0.05) is 13.0 Å². The van der Waals surface area contributed by atoms with Crippen molar-refractivity contribution < 1.29 is 9.90 Å². The maximum atomic E-state index is 11.0. The van der Waals surface area contributed by atoms with Gasteiger partial charge in [0.05, 0.1) is 16.7 Å². The van der Waals surface area contributed by atoms with Crippen molar-refractivity contribution in [2.45, 2.75) is 13.3 Å². The molecule has 0 aliphatic carbocycles. The predicted molar refractivity (Wildman–Crippen MR) is 74.6 cm³/mol. The molecule has 2 N–H and O–H groups in total.